The van der Waals surface area contributed by atoms with Crippen molar-refractivity contribution in [1.82, 2.24) is 20.6 Å². The summed E-state index contributed by atoms with van der Waals surface area (Å²) in [6, 6.07) is 0.679. The van der Waals surface area contributed by atoms with Gasteiger partial charge in [-0.3, -0.25) is 20.0 Å². The van der Waals surface area contributed by atoms with Gasteiger partial charge in [-0.25, -0.2) is 0 Å². The van der Waals surface area contributed by atoms with Gasteiger partial charge in [0.2, 0.25) is 0 Å². The Balaban J connectivity index is 1.68. The molecule has 2 aliphatic rings. The van der Waals surface area contributed by atoms with Crippen molar-refractivity contribution < 1.29 is 4.84 Å². The standard InChI is InChI=1S/C10H22N4O/c1-9(2)14-5-3-13(4-6-14)7-10-11-8-15-12-10/h9-12H,3-8H2,1-2H3. The molecule has 0 bridgehead atoms. The fourth-order valence-electron chi connectivity index (χ4n) is 2.15. The highest BCUT2D eigenvalue weighted by atomic mass is 16.7. The molecule has 0 aromatic rings. The summed E-state index contributed by atoms with van der Waals surface area (Å²) in [4.78, 5) is 10.1. The van der Waals surface area contributed by atoms with Crippen LogP contribution in [0.2, 0.25) is 0 Å². The first-order valence-electron chi connectivity index (χ1n) is 5.83. The number of hydrogen-bond acceptors (Lipinski definition) is 5. The average molecular weight is 214 g/mol. The smallest absolute Gasteiger partial charge is 0.120 e. The molecule has 5 heteroatoms. The predicted molar refractivity (Wildman–Crippen MR) is 59.2 cm³/mol. The molecule has 5 nitrogen and oxygen atoms in total. The summed E-state index contributed by atoms with van der Waals surface area (Å²) in [6.07, 6.45) is 0.301. The van der Waals surface area contributed by atoms with Crippen LogP contribution < -0.4 is 10.8 Å². The molecule has 1 atom stereocenters. The van der Waals surface area contributed by atoms with Crippen LogP contribution in [0.15, 0.2) is 0 Å². The lowest BCUT2D eigenvalue weighted by molar-refractivity contribution is 0.0652. The van der Waals surface area contributed by atoms with Crippen LogP contribution >= 0.6 is 0 Å². The van der Waals surface area contributed by atoms with Crippen molar-refractivity contribution in [3.63, 3.8) is 0 Å². The van der Waals surface area contributed by atoms with Gasteiger partial charge in [-0.2, -0.15) is 5.48 Å². The maximum Gasteiger partial charge on any atom is 0.120 e. The molecular weight excluding hydrogens is 192 g/mol. The Bertz CT molecular complexity index is 186. The fraction of sp³-hybridized carbons (Fsp3) is 1.00. The molecule has 0 amide bonds. The van der Waals surface area contributed by atoms with Gasteiger partial charge in [0.05, 0.1) is 6.17 Å². The van der Waals surface area contributed by atoms with Crippen LogP contribution in [0.3, 0.4) is 0 Å². The van der Waals surface area contributed by atoms with Crippen molar-refractivity contribution in [1.29, 1.82) is 0 Å². The van der Waals surface area contributed by atoms with Crippen molar-refractivity contribution in [3.05, 3.63) is 0 Å². The molecule has 0 radical (unpaired) electrons. The minimum absolute atomic E-state index is 0.301. The highest BCUT2D eigenvalue weighted by Gasteiger charge is 2.22. The summed E-state index contributed by atoms with van der Waals surface area (Å²) in [5, 5.41) is 3.25. The van der Waals surface area contributed by atoms with E-state index in [4.69, 9.17) is 4.84 Å². The minimum Gasteiger partial charge on any atom is -0.298 e. The van der Waals surface area contributed by atoms with Gasteiger partial charge in [-0.15, -0.1) is 0 Å². The largest absolute Gasteiger partial charge is 0.298 e. The van der Waals surface area contributed by atoms with Crippen LogP contribution in [-0.4, -0.2) is 61.5 Å². The van der Waals surface area contributed by atoms with E-state index < -0.39 is 0 Å². The van der Waals surface area contributed by atoms with Crippen LogP contribution in [0, 0.1) is 0 Å². The highest BCUT2D eigenvalue weighted by molar-refractivity contribution is 4.77. The third kappa shape index (κ3) is 3.12. The zero-order valence-electron chi connectivity index (χ0n) is 9.70. The van der Waals surface area contributed by atoms with Crippen molar-refractivity contribution >= 4 is 0 Å². The topological polar surface area (TPSA) is 39.8 Å². The molecule has 2 aliphatic heterocycles. The van der Waals surface area contributed by atoms with Gasteiger partial charge in [0, 0.05) is 38.8 Å². The van der Waals surface area contributed by atoms with Gasteiger partial charge in [-0.05, 0) is 13.8 Å². The Hall–Kier alpha value is -0.200. The van der Waals surface area contributed by atoms with E-state index in [2.05, 4.69) is 34.4 Å². The van der Waals surface area contributed by atoms with Gasteiger partial charge in [-0.1, -0.05) is 0 Å². The summed E-state index contributed by atoms with van der Waals surface area (Å²) in [5.74, 6) is 0. The molecule has 0 aromatic carbocycles. The van der Waals surface area contributed by atoms with E-state index in [1.807, 2.05) is 0 Å². The molecule has 0 aliphatic carbocycles. The zero-order valence-corrected chi connectivity index (χ0v) is 9.70. The van der Waals surface area contributed by atoms with E-state index in [0.29, 0.717) is 18.9 Å². The van der Waals surface area contributed by atoms with Crippen LogP contribution in [-0.2, 0) is 4.84 Å². The Labute approximate surface area is 91.7 Å². The normalized spacial score (nSPS) is 30.2. The summed E-state index contributed by atoms with van der Waals surface area (Å²) >= 11 is 0. The molecule has 2 heterocycles. The molecule has 0 saturated carbocycles. The Kier molecular flexibility index (Phi) is 3.93. The first-order valence-corrected chi connectivity index (χ1v) is 5.83. The third-order valence-electron chi connectivity index (χ3n) is 3.21. The molecule has 1 unspecified atom stereocenters. The van der Waals surface area contributed by atoms with Gasteiger partial charge >= 0.3 is 0 Å². The zero-order chi connectivity index (χ0) is 10.7. The summed E-state index contributed by atoms with van der Waals surface area (Å²) < 4.78 is 0. The molecule has 88 valence electrons. The predicted octanol–water partition coefficient (Wildman–Crippen LogP) is -0.580. The lowest BCUT2D eigenvalue weighted by atomic mass is 10.2. The molecule has 15 heavy (non-hydrogen) atoms. The van der Waals surface area contributed by atoms with Crippen molar-refractivity contribution in [2.45, 2.75) is 26.1 Å². The lowest BCUT2D eigenvalue weighted by Gasteiger charge is -2.37. The molecule has 2 fully saturated rings. The Morgan fingerprint density at radius 1 is 1.27 bits per heavy atom. The monoisotopic (exact) mass is 214 g/mol. The Morgan fingerprint density at radius 3 is 2.53 bits per heavy atom. The van der Waals surface area contributed by atoms with Crippen LogP contribution in [0.25, 0.3) is 0 Å². The van der Waals surface area contributed by atoms with Crippen molar-refractivity contribution in [2.24, 2.45) is 0 Å². The molecule has 2 rings (SSSR count). The van der Waals surface area contributed by atoms with E-state index >= 15 is 0 Å². The van der Waals surface area contributed by atoms with Gasteiger partial charge in [0.15, 0.2) is 0 Å². The van der Waals surface area contributed by atoms with Gasteiger partial charge in [0.25, 0.3) is 0 Å². The number of hydrogen-bond donors (Lipinski definition) is 2. The summed E-state index contributed by atoms with van der Waals surface area (Å²) in [6.45, 7) is 10.9. The van der Waals surface area contributed by atoms with Crippen LogP contribution in [0.4, 0.5) is 0 Å². The number of hydroxylamine groups is 1. The second-order valence-corrected chi connectivity index (χ2v) is 4.59. The number of nitrogens with zero attached hydrogens (tertiary/aromatic N) is 2. The van der Waals surface area contributed by atoms with Crippen molar-refractivity contribution in [2.75, 3.05) is 39.5 Å². The minimum atomic E-state index is 0.301. The first-order chi connectivity index (χ1) is 7.25. The van der Waals surface area contributed by atoms with E-state index in [1.54, 1.807) is 0 Å². The highest BCUT2D eigenvalue weighted by Crippen LogP contribution is 2.06. The van der Waals surface area contributed by atoms with E-state index in [-0.39, 0.29) is 0 Å². The number of nitrogens with one attached hydrogen (secondary N) is 2. The fourth-order valence-corrected chi connectivity index (χ4v) is 2.15. The maximum atomic E-state index is 5.06. The van der Waals surface area contributed by atoms with Gasteiger partial charge in [0.1, 0.15) is 6.73 Å². The third-order valence-corrected chi connectivity index (χ3v) is 3.21. The van der Waals surface area contributed by atoms with Crippen LogP contribution in [0.1, 0.15) is 13.8 Å². The van der Waals surface area contributed by atoms with Crippen LogP contribution in [0.5, 0.6) is 0 Å². The van der Waals surface area contributed by atoms with Crippen molar-refractivity contribution in [3.8, 4) is 0 Å². The second-order valence-electron chi connectivity index (χ2n) is 4.59. The summed E-state index contributed by atoms with van der Waals surface area (Å²) in [7, 11) is 0. The van der Waals surface area contributed by atoms with E-state index in [0.717, 1.165) is 19.6 Å². The Morgan fingerprint density at radius 2 is 2.00 bits per heavy atom. The average Bonchev–Trinajstić information content (AvgIpc) is 2.71. The quantitative estimate of drug-likeness (QED) is 0.658. The number of piperazine rings is 1. The second kappa shape index (κ2) is 5.23. The SMILES string of the molecule is CC(C)N1CCN(CC2NCON2)CC1. The van der Waals surface area contributed by atoms with Gasteiger partial charge < -0.3 is 0 Å². The molecule has 0 spiro atoms. The molecular formula is C10H22N4O. The molecule has 2 N–H and O–H groups in total. The number of rotatable bonds is 3. The lowest BCUT2D eigenvalue weighted by Crippen LogP contribution is -2.53. The maximum absolute atomic E-state index is 5.06. The van der Waals surface area contributed by atoms with E-state index in [9.17, 15) is 0 Å². The first kappa shape index (κ1) is 11.3. The van der Waals surface area contributed by atoms with E-state index in [1.165, 1.54) is 13.1 Å². The summed E-state index contributed by atoms with van der Waals surface area (Å²) in [5.41, 5.74) is 2.97. The molecule has 2 saturated heterocycles. The molecule has 0 aromatic heterocycles.